The summed E-state index contributed by atoms with van der Waals surface area (Å²) in [4.78, 5) is 22.5. The van der Waals surface area contributed by atoms with Crippen LogP contribution in [0, 0.1) is 6.92 Å². The summed E-state index contributed by atoms with van der Waals surface area (Å²) in [6, 6.07) is 19.7. The van der Waals surface area contributed by atoms with Gasteiger partial charge in [-0.25, -0.2) is 4.98 Å². The van der Waals surface area contributed by atoms with Crippen LogP contribution in [0.2, 0.25) is 0 Å². The van der Waals surface area contributed by atoms with E-state index in [-0.39, 0.29) is 5.91 Å². The Bertz CT molecular complexity index is 1230. The maximum Gasteiger partial charge on any atom is 0.256 e. The largest absolute Gasteiger partial charge is 0.322 e. The molecule has 1 aliphatic rings. The Balaban J connectivity index is 1.59. The number of fused-ring (bicyclic) bond motifs is 2. The molecule has 29 heavy (non-hydrogen) atoms. The highest BCUT2D eigenvalue weighted by molar-refractivity contribution is 6.13. The molecule has 0 bridgehead atoms. The molecule has 0 radical (unpaired) electrons. The van der Waals surface area contributed by atoms with E-state index < -0.39 is 0 Å². The molecule has 1 amide bonds. The van der Waals surface area contributed by atoms with Crippen molar-refractivity contribution in [3.8, 4) is 11.4 Å². The Morgan fingerprint density at radius 1 is 0.931 bits per heavy atom. The summed E-state index contributed by atoms with van der Waals surface area (Å²) in [6.07, 6.45) is 5.14. The highest BCUT2D eigenvalue weighted by Gasteiger charge is 2.17. The lowest BCUT2D eigenvalue weighted by Crippen LogP contribution is -2.13. The topological polar surface area (TPSA) is 54.9 Å². The third-order valence-corrected chi connectivity index (χ3v) is 5.57. The van der Waals surface area contributed by atoms with Crippen molar-refractivity contribution in [1.82, 2.24) is 9.97 Å². The van der Waals surface area contributed by atoms with Crippen LogP contribution in [0.3, 0.4) is 0 Å². The first-order valence-corrected chi connectivity index (χ1v) is 9.94. The van der Waals surface area contributed by atoms with Crippen molar-refractivity contribution in [3.63, 3.8) is 0 Å². The fourth-order valence-corrected chi connectivity index (χ4v) is 4.07. The number of benzene rings is 2. The van der Waals surface area contributed by atoms with Gasteiger partial charge in [0, 0.05) is 17.3 Å². The van der Waals surface area contributed by atoms with Crippen molar-refractivity contribution < 1.29 is 4.79 Å². The predicted octanol–water partition coefficient (Wildman–Crippen LogP) is 5.35. The van der Waals surface area contributed by atoms with Crippen LogP contribution in [0.25, 0.3) is 22.3 Å². The second-order valence-corrected chi connectivity index (χ2v) is 7.53. The number of hydrogen-bond donors (Lipinski definition) is 1. The normalized spacial score (nSPS) is 12.7. The van der Waals surface area contributed by atoms with Gasteiger partial charge in [-0.15, -0.1) is 0 Å². The van der Waals surface area contributed by atoms with E-state index in [0.717, 1.165) is 40.7 Å². The second kappa shape index (κ2) is 7.13. The molecule has 4 aromatic rings. The molecule has 0 unspecified atom stereocenters. The molecule has 0 saturated heterocycles. The minimum Gasteiger partial charge on any atom is -0.322 e. The summed E-state index contributed by atoms with van der Waals surface area (Å²) in [5.74, 6) is -0.127. The zero-order valence-electron chi connectivity index (χ0n) is 16.3. The molecule has 0 aliphatic heterocycles. The molecule has 0 fully saturated rings. The van der Waals surface area contributed by atoms with Crippen molar-refractivity contribution in [2.45, 2.75) is 26.2 Å². The van der Waals surface area contributed by atoms with E-state index in [2.05, 4.69) is 22.4 Å². The predicted molar refractivity (Wildman–Crippen MR) is 116 cm³/mol. The number of para-hydroxylation sites is 1. The fraction of sp³-hybridized carbons (Fsp3) is 0.160. The molecule has 0 saturated carbocycles. The Labute approximate surface area is 169 Å². The number of aryl methyl sites for hydroxylation is 3. The molecule has 0 atom stereocenters. The lowest BCUT2D eigenvalue weighted by molar-refractivity contribution is 0.102. The summed E-state index contributed by atoms with van der Waals surface area (Å²) in [7, 11) is 0. The number of nitrogens with one attached hydrogen (secondary N) is 1. The van der Waals surface area contributed by atoms with E-state index >= 15 is 0 Å². The smallest absolute Gasteiger partial charge is 0.256 e. The van der Waals surface area contributed by atoms with Crippen molar-refractivity contribution in [3.05, 3.63) is 89.1 Å². The zero-order valence-corrected chi connectivity index (χ0v) is 16.3. The SMILES string of the molecule is Cc1cccc2c(C(=O)Nc3ccc4c(c3)CCC4)cc(-c3ccccn3)nc12. The van der Waals surface area contributed by atoms with Gasteiger partial charge in [0.05, 0.1) is 22.5 Å². The number of nitrogens with zero attached hydrogens (tertiary/aromatic N) is 2. The Hall–Kier alpha value is -3.53. The summed E-state index contributed by atoms with van der Waals surface area (Å²) < 4.78 is 0. The Kier molecular flexibility index (Phi) is 4.32. The molecule has 1 aliphatic carbocycles. The van der Waals surface area contributed by atoms with E-state index in [1.807, 2.05) is 55.5 Å². The van der Waals surface area contributed by atoms with Gasteiger partial charge in [0.2, 0.25) is 0 Å². The van der Waals surface area contributed by atoms with Crippen LogP contribution in [0.5, 0.6) is 0 Å². The molecule has 5 rings (SSSR count). The van der Waals surface area contributed by atoms with Crippen LogP contribution in [-0.4, -0.2) is 15.9 Å². The number of carbonyl (C=O) groups is 1. The summed E-state index contributed by atoms with van der Waals surface area (Å²) in [6.45, 7) is 2.01. The molecule has 1 N–H and O–H groups in total. The molecule has 4 heteroatoms. The monoisotopic (exact) mass is 379 g/mol. The molecular formula is C25H21N3O. The number of pyridine rings is 2. The van der Waals surface area contributed by atoms with Gasteiger partial charge in [-0.05, 0) is 73.2 Å². The summed E-state index contributed by atoms with van der Waals surface area (Å²) >= 11 is 0. The molecular weight excluding hydrogens is 358 g/mol. The minimum atomic E-state index is -0.127. The molecule has 2 aromatic heterocycles. The van der Waals surface area contributed by atoms with E-state index in [1.54, 1.807) is 6.20 Å². The number of amides is 1. The maximum absolute atomic E-state index is 13.3. The number of carbonyl (C=O) groups excluding carboxylic acids is 1. The number of anilines is 1. The average molecular weight is 379 g/mol. The van der Waals surface area contributed by atoms with E-state index in [4.69, 9.17) is 4.98 Å². The fourth-order valence-electron chi connectivity index (χ4n) is 4.07. The average Bonchev–Trinajstić information content (AvgIpc) is 3.22. The van der Waals surface area contributed by atoms with E-state index in [1.165, 1.54) is 17.5 Å². The minimum absolute atomic E-state index is 0.127. The highest BCUT2D eigenvalue weighted by atomic mass is 16.1. The second-order valence-electron chi connectivity index (χ2n) is 7.53. The van der Waals surface area contributed by atoms with Crippen molar-refractivity contribution in [2.24, 2.45) is 0 Å². The van der Waals surface area contributed by atoms with Gasteiger partial charge < -0.3 is 5.32 Å². The van der Waals surface area contributed by atoms with Gasteiger partial charge in [0.15, 0.2) is 0 Å². The van der Waals surface area contributed by atoms with Gasteiger partial charge in [-0.1, -0.05) is 30.3 Å². The van der Waals surface area contributed by atoms with Crippen molar-refractivity contribution in [2.75, 3.05) is 5.32 Å². The Morgan fingerprint density at radius 2 is 1.83 bits per heavy atom. The molecule has 2 heterocycles. The van der Waals surface area contributed by atoms with Crippen LogP contribution in [-0.2, 0) is 12.8 Å². The first-order chi connectivity index (χ1) is 14.2. The number of rotatable bonds is 3. The van der Waals surface area contributed by atoms with Crippen molar-refractivity contribution >= 4 is 22.5 Å². The summed E-state index contributed by atoms with van der Waals surface area (Å²) in [5.41, 5.74) is 7.50. The standard InChI is InChI=1S/C25H21N3O/c1-16-6-4-9-20-21(15-23(28-24(16)20)22-10-2-3-13-26-22)25(29)27-19-12-11-17-7-5-8-18(17)14-19/h2-4,6,9-15H,5,7-8H2,1H3,(H,27,29). The van der Waals surface area contributed by atoms with E-state index in [9.17, 15) is 4.79 Å². The Morgan fingerprint density at radius 3 is 2.69 bits per heavy atom. The van der Waals surface area contributed by atoms with Gasteiger partial charge in [0.1, 0.15) is 0 Å². The third-order valence-electron chi connectivity index (χ3n) is 5.57. The number of hydrogen-bond acceptors (Lipinski definition) is 3. The van der Waals surface area contributed by atoms with Crippen LogP contribution in [0.15, 0.2) is 66.9 Å². The lowest BCUT2D eigenvalue weighted by atomic mass is 10.0. The molecule has 0 spiro atoms. The number of aromatic nitrogens is 2. The summed E-state index contributed by atoms with van der Waals surface area (Å²) in [5, 5.41) is 3.94. The maximum atomic E-state index is 13.3. The molecule has 2 aromatic carbocycles. The first-order valence-electron chi connectivity index (χ1n) is 9.94. The third kappa shape index (κ3) is 3.27. The van der Waals surface area contributed by atoms with Crippen LogP contribution < -0.4 is 5.32 Å². The lowest BCUT2D eigenvalue weighted by Gasteiger charge is -2.12. The zero-order chi connectivity index (χ0) is 19.8. The van der Waals surface area contributed by atoms with Crippen LogP contribution >= 0.6 is 0 Å². The van der Waals surface area contributed by atoms with Crippen LogP contribution in [0.1, 0.15) is 33.5 Å². The van der Waals surface area contributed by atoms with Crippen LogP contribution in [0.4, 0.5) is 5.69 Å². The van der Waals surface area contributed by atoms with Gasteiger partial charge in [-0.2, -0.15) is 0 Å². The van der Waals surface area contributed by atoms with Gasteiger partial charge in [-0.3, -0.25) is 9.78 Å². The van der Waals surface area contributed by atoms with Crippen molar-refractivity contribution in [1.29, 1.82) is 0 Å². The first kappa shape index (κ1) is 17.6. The van der Waals surface area contributed by atoms with E-state index in [0.29, 0.717) is 11.3 Å². The molecule has 142 valence electrons. The van der Waals surface area contributed by atoms with Gasteiger partial charge >= 0.3 is 0 Å². The molecule has 4 nitrogen and oxygen atoms in total. The highest BCUT2D eigenvalue weighted by Crippen LogP contribution is 2.28. The quantitative estimate of drug-likeness (QED) is 0.522. The van der Waals surface area contributed by atoms with Gasteiger partial charge in [0.25, 0.3) is 5.91 Å².